The molecule has 0 radical (unpaired) electrons. The minimum absolute atomic E-state index is 0.0731. The monoisotopic (exact) mass is 498 g/mol. The fraction of sp³-hybridized carbons (Fsp3) is 0.240. The van der Waals surface area contributed by atoms with Crippen LogP contribution >= 0.6 is 11.8 Å². The topological polar surface area (TPSA) is 93.7 Å². The molecule has 1 heterocycles. The lowest BCUT2D eigenvalue weighted by atomic mass is 10.2. The number of amides is 1. The van der Waals surface area contributed by atoms with Crippen LogP contribution in [0.4, 0.5) is 11.4 Å². The third-order valence-corrected chi connectivity index (χ3v) is 7.94. The Morgan fingerprint density at radius 2 is 1.79 bits per heavy atom. The van der Waals surface area contributed by atoms with E-state index in [0.29, 0.717) is 22.7 Å². The zero-order valence-corrected chi connectivity index (χ0v) is 20.3. The minimum atomic E-state index is -3.82. The van der Waals surface area contributed by atoms with Crippen molar-refractivity contribution in [3.05, 3.63) is 78.4 Å². The van der Waals surface area contributed by atoms with Crippen LogP contribution in [0.3, 0.4) is 0 Å². The molecule has 0 spiro atoms. The second-order valence-corrected chi connectivity index (χ2v) is 10.5. The molecule has 178 valence electrons. The highest BCUT2D eigenvalue weighted by molar-refractivity contribution is 7.99. The Kier molecular flexibility index (Phi) is 7.77. The van der Waals surface area contributed by atoms with Gasteiger partial charge < -0.3 is 14.8 Å². The van der Waals surface area contributed by atoms with Crippen molar-refractivity contribution in [1.82, 2.24) is 0 Å². The van der Waals surface area contributed by atoms with E-state index < -0.39 is 10.0 Å². The molecule has 1 aliphatic heterocycles. The molecular formula is C25H26N2O5S2. The van der Waals surface area contributed by atoms with Crippen LogP contribution in [0.25, 0.3) is 0 Å². The molecule has 2 N–H and O–H groups in total. The third kappa shape index (κ3) is 5.91. The molecule has 3 aromatic carbocycles. The predicted molar refractivity (Wildman–Crippen MR) is 134 cm³/mol. The summed E-state index contributed by atoms with van der Waals surface area (Å²) in [5, 5.41) is 2.85. The Morgan fingerprint density at radius 1 is 1.06 bits per heavy atom. The van der Waals surface area contributed by atoms with Crippen LogP contribution in [0, 0.1) is 0 Å². The molecule has 0 aliphatic carbocycles. The number of rotatable bonds is 9. The first-order valence-electron chi connectivity index (χ1n) is 10.9. The lowest BCUT2D eigenvalue weighted by Gasteiger charge is -2.13. The zero-order chi connectivity index (χ0) is 24.0. The van der Waals surface area contributed by atoms with Crippen LogP contribution in [0.5, 0.6) is 5.75 Å². The Balaban J connectivity index is 1.43. The molecule has 1 amide bonds. The van der Waals surface area contributed by atoms with Gasteiger partial charge in [-0.1, -0.05) is 24.3 Å². The largest absolute Gasteiger partial charge is 0.495 e. The number of thioether (sulfide) groups is 1. The summed E-state index contributed by atoms with van der Waals surface area (Å²) in [6, 6.07) is 20.2. The van der Waals surface area contributed by atoms with Gasteiger partial charge in [0.1, 0.15) is 5.75 Å². The first-order chi connectivity index (χ1) is 16.5. The van der Waals surface area contributed by atoms with E-state index in [1.54, 1.807) is 54.2 Å². The van der Waals surface area contributed by atoms with Crippen LogP contribution in [-0.2, 0) is 14.8 Å². The Morgan fingerprint density at radius 3 is 2.53 bits per heavy atom. The van der Waals surface area contributed by atoms with Gasteiger partial charge in [0.05, 0.1) is 29.4 Å². The van der Waals surface area contributed by atoms with Gasteiger partial charge in [0.2, 0.25) is 0 Å². The van der Waals surface area contributed by atoms with Gasteiger partial charge in [-0.15, -0.1) is 11.8 Å². The van der Waals surface area contributed by atoms with Crippen molar-refractivity contribution in [2.75, 3.05) is 29.5 Å². The maximum atomic E-state index is 12.9. The maximum absolute atomic E-state index is 12.9. The van der Waals surface area contributed by atoms with Crippen molar-refractivity contribution in [3.8, 4) is 5.75 Å². The van der Waals surface area contributed by atoms with Crippen molar-refractivity contribution < 1.29 is 22.7 Å². The molecule has 0 unspecified atom stereocenters. The highest BCUT2D eigenvalue weighted by Gasteiger charge is 2.19. The first kappa shape index (κ1) is 24.1. The number of nitrogens with one attached hydrogen (secondary N) is 2. The molecule has 1 saturated heterocycles. The molecule has 34 heavy (non-hydrogen) atoms. The van der Waals surface area contributed by atoms with E-state index in [1.807, 2.05) is 18.2 Å². The van der Waals surface area contributed by atoms with Crippen molar-refractivity contribution in [2.24, 2.45) is 0 Å². The van der Waals surface area contributed by atoms with E-state index >= 15 is 0 Å². The van der Waals surface area contributed by atoms with Crippen molar-refractivity contribution in [2.45, 2.75) is 28.7 Å². The summed E-state index contributed by atoms with van der Waals surface area (Å²) in [6.07, 6.45) is 2.34. The molecule has 1 aliphatic rings. The number of anilines is 2. The molecule has 0 aromatic heterocycles. The number of hydrogen-bond donors (Lipinski definition) is 2. The Hall–Kier alpha value is -3.01. The van der Waals surface area contributed by atoms with E-state index in [-0.39, 0.29) is 16.9 Å². The Labute approximate surface area is 203 Å². The summed E-state index contributed by atoms with van der Waals surface area (Å²) in [7, 11) is -2.35. The quantitative estimate of drug-likeness (QED) is 0.403. The number of hydrogen-bond acceptors (Lipinski definition) is 6. The molecule has 0 saturated carbocycles. The smallest absolute Gasteiger partial charge is 0.262 e. The molecule has 0 bridgehead atoms. The zero-order valence-electron chi connectivity index (χ0n) is 18.7. The van der Waals surface area contributed by atoms with Gasteiger partial charge in [-0.05, 0) is 61.4 Å². The van der Waals surface area contributed by atoms with E-state index in [4.69, 9.17) is 9.47 Å². The summed E-state index contributed by atoms with van der Waals surface area (Å²) in [4.78, 5) is 13.9. The van der Waals surface area contributed by atoms with Gasteiger partial charge in [-0.25, -0.2) is 8.42 Å². The van der Waals surface area contributed by atoms with Gasteiger partial charge in [0.15, 0.2) is 0 Å². The van der Waals surface area contributed by atoms with Gasteiger partial charge >= 0.3 is 0 Å². The molecular weight excluding hydrogens is 472 g/mol. The Bertz CT molecular complexity index is 1240. The number of sulfonamides is 1. The lowest BCUT2D eigenvalue weighted by Crippen LogP contribution is -2.15. The fourth-order valence-electron chi connectivity index (χ4n) is 3.59. The number of benzene rings is 3. The highest BCUT2D eigenvalue weighted by Crippen LogP contribution is 2.28. The van der Waals surface area contributed by atoms with Gasteiger partial charge in [-0.3, -0.25) is 9.52 Å². The van der Waals surface area contributed by atoms with Gasteiger partial charge in [0, 0.05) is 22.9 Å². The molecule has 7 nitrogen and oxygen atoms in total. The summed E-state index contributed by atoms with van der Waals surface area (Å²) in [6.45, 7) is 0.799. The van der Waals surface area contributed by atoms with Crippen molar-refractivity contribution >= 4 is 39.1 Å². The third-order valence-electron chi connectivity index (χ3n) is 5.35. The van der Waals surface area contributed by atoms with Crippen molar-refractivity contribution in [3.63, 3.8) is 0 Å². The molecule has 1 atom stereocenters. The number of methoxy groups -OCH3 is 1. The number of ether oxygens (including phenoxy) is 2. The first-order valence-corrected chi connectivity index (χ1v) is 13.3. The van der Waals surface area contributed by atoms with Crippen LogP contribution in [0.1, 0.15) is 23.2 Å². The van der Waals surface area contributed by atoms with E-state index in [9.17, 15) is 13.2 Å². The molecule has 3 aromatic rings. The average molecular weight is 499 g/mol. The fourth-order valence-corrected chi connectivity index (χ4v) is 5.78. The molecule has 1 fully saturated rings. The number of para-hydroxylation sites is 2. The highest BCUT2D eigenvalue weighted by atomic mass is 32.2. The van der Waals surface area contributed by atoms with E-state index in [0.717, 1.165) is 30.1 Å². The van der Waals surface area contributed by atoms with E-state index in [2.05, 4.69) is 10.0 Å². The van der Waals surface area contributed by atoms with Crippen LogP contribution in [0.15, 0.2) is 82.6 Å². The standard InChI is InChI=1S/C25H26N2O5S2/c1-31-23-10-4-3-9-22(23)27-34(29,30)20-14-12-18(13-15-20)26-25(28)21-8-2-5-11-24(21)33-17-19-7-6-16-32-19/h2-5,8-15,19,27H,6-7,16-17H2,1H3,(H,26,28)/t19-/m1/s1. The van der Waals surface area contributed by atoms with Crippen LogP contribution in [0.2, 0.25) is 0 Å². The SMILES string of the molecule is COc1ccccc1NS(=O)(=O)c1ccc(NC(=O)c2ccccc2SC[C@H]2CCCO2)cc1. The van der Waals surface area contributed by atoms with Crippen LogP contribution in [-0.4, -0.2) is 39.9 Å². The minimum Gasteiger partial charge on any atom is -0.495 e. The predicted octanol–water partition coefficient (Wildman–Crippen LogP) is 5.02. The normalized spacial score (nSPS) is 15.6. The molecule has 9 heteroatoms. The second-order valence-electron chi connectivity index (χ2n) is 7.73. The summed E-state index contributed by atoms with van der Waals surface area (Å²) in [5.74, 6) is 0.972. The van der Waals surface area contributed by atoms with Gasteiger partial charge in [0.25, 0.3) is 15.9 Å². The summed E-state index contributed by atoms with van der Waals surface area (Å²) >= 11 is 1.61. The average Bonchev–Trinajstić information content (AvgIpc) is 3.37. The molecule has 4 rings (SSSR count). The number of carbonyl (C=O) groups excluding carboxylic acids is 1. The number of carbonyl (C=O) groups is 1. The van der Waals surface area contributed by atoms with Crippen LogP contribution < -0.4 is 14.8 Å². The summed E-state index contributed by atoms with van der Waals surface area (Å²) in [5.41, 5.74) is 1.42. The second kappa shape index (κ2) is 10.9. The lowest BCUT2D eigenvalue weighted by molar-refractivity contribution is 0.102. The summed E-state index contributed by atoms with van der Waals surface area (Å²) < 4.78 is 39.0. The van der Waals surface area contributed by atoms with Crippen molar-refractivity contribution in [1.29, 1.82) is 0 Å². The maximum Gasteiger partial charge on any atom is 0.262 e. The van der Waals surface area contributed by atoms with Gasteiger partial charge in [-0.2, -0.15) is 0 Å². The van der Waals surface area contributed by atoms with E-state index in [1.165, 1.54) is 19.2 Å².